The maximum absolute atomic E-state index is 13.1. The van der Waals surface area contributed by atoms with Gasteiger partial charge in [-0.2, -0.15) is 0 Å². The summed E-state index contributed by atoms with van der Waals surface area (Å²) in [5, 5.41) is 2.64. The van der Waals surface area contributed by atoms with Gasteiger partial charge < -0.3 is 14.8 Å². The summed E-state index contributed by atoms with van der Waals surface area (Å²) in [4.78, 5) is 40.4. The molecule has 0 bridgehead atoms. The molecule has 1 aliphatic rings. The predicted octanol–water partition coefficient (Wildman–Crippen LogP) is 2.68. The van der Waals surface area contributed by atoms with E-state index in [9.17, 15) is 14.4 Å². The molecule has 1 aromatic carbocycles. The smallest absolute Gasteiger partial charge is 0.259 e. The van der Waals surface area contributed by atoms with Gasteiger partial charge in [-0.3, -0.25) is 14.4 Å². The third-order valence-electron chi connectivity index (χ3n) is 5.11. The second-order valence-electron chi connectivity index (χ2n) is 7.57. The number of aromatic nitrogens is 1. The quantitative estimate of drug-likeness (QED) is 0.767. The SMILES string of the molecule is C=CCNC(=O)c1cn(Cc2ccccc2)cc(C(=O)N2CCC[C@H](C)C2)c1=O. The Labute approximate surface area is 170 Å². The Bertz CT molecular complexity index is 950. The number of hydrogen-bond acceptors (Lipinski definition) is 3. The van der Waals surface area contributed by atoms with Crippen molar-refractivity contribution in [2.45, 2.75) is 26.3 Å². The van der Waals surface area contributed by atoms with E-state index in [-0.39, 0.29) is 23.6 Å². The molecule has 0 aliphatic carbocycles. The summed E-state index contributed by atoms with van der Waals surface area (Å²) in [5.41, 5.74) is 0.498. The van der Waals surface area contributed by atoms with Crippen LogP contribution in [0.1, 0.15) is 46.0 Å². The maximum atomic E-state index is 13.1. The van der Waals surface area contributed by atoms with Crippen LogP contribution in [0, 0.1) is 5.92 Å². The number of piperidine rings is 1. The monoisotopic (exact) mass is 393 g/mol. The van der Waals surface area contributed by atoms with Crippen LogP contribution < -0.4 is 10.7 Å². The molecule has 0 saturated carbocycles. The van der Waals surface area contributed by atoms with Crippen molar-refractivity contribution in [3.05, 3.63) is 82.3 Å². The molecule has 1 N–H and O–H groups in total. The summed E-state index contributed by atoms with van der Waals surface area (Å²) in [7, 11) is 0. The summed E-state index contributed by atoms with van der Waals surface area (Å²) >= 11 is 0. The van der Waals surface area contributed by atoms with E-state index in [1.165, 1.54) is 6.20 Å². The molecular formula is C23H27N3O3. The molecule has 29 heavy (non-hydrogen) atoms. The number of rotatable bonds is 6. The molecular weight excluding hydrogens is 366 g/mol. The van der Waals surface area contributed by atoms with Crippen LogP contribution in [0.5, 0.6) is 0 Å². The number of carbonyl (C=O) groups is 2. The van der Waals surface area contributed by atoms with Gasteiger partial charge in [-0.25, -0.2) is 0 Å². The van der Waals surface area contributed by atoms with E-state index in [1.807, 2.05) is 30.3 Å². The molecule has 2 amide bonds. The molecule has 152 valence electrons. The van der Waals surface area contributed by atoms with Crippen LogP contribution in [0.3, 0.4) is 0 Å². The van der Waals surface area contributed by atoms with Gasteiger partial charge in [0.05, 0.1) is 0 Å². The average Bonchev–Trinajstić information content (AvgIpc) is 2.73. The summed E-state index contributed by atoms with van der Waals surface area (Å²) in [6, 6.07) is 9.70. The molecule has 6 nitrogen and oxygen atoms in total. The van der Waals surface area contributed by atoms with E-state index >= 15 is 0 Å². The summed E-state index contributed by atoms with van der Waals surface area (Å²) < 4.78 is 1.74. The minimum absolute atomic E-state index is 0.0290. The van der Waals surface area contributed by atoms with Gasteiger partial charge in [0.25, 0.3) is 11.8 Å². The summed E-state index contributed by atoms with van der Waals surface area (Å²) in [6.07, 6.45) is 6.63. The summed E-state index contributed by atoms with van der Waals surface area (Å²) in [6.45, 7) is 7.65. The lowest BCUT2D eigenvalue weighted by molar-refractivity contribution is 0.0680. The van der Waals surface area contributed by atoms with E-state index in [4.69, 9.17) is 0 Å². The molecule has 1 aliphatic heterocycles. The number of likely N-dealkylation sites (tertiary alicyclic amines) is 1. The van der Waals surface area contributed by atoms with Gasteiger partial charge in [0, 0.05) is 38.6 Å². The van der Waals surface area contributed by atoms with E-state index in [2.05, 4.69) is 18.8 Å². The molecule has 2 aromatic rings. The highest BCUT2D eigenvalue weighted by molar-refractivity contribution is 5.99. The lowest BCUT2D eigenvalue weighted by Crippen LogP contribution is -2.42. The van der Waals surface area contributed by atoms with Crippen LogP contribution in [0.2, 0.25) is 0 Å². The Hall–Kier alpha value is -3.15. The lowest BCUT2D eigenvalue weighted by atomic mass is 9.99. The molecule has 0 unspecified atom stereocenters. The summed E-state index contributed by atoms with van der Waals surface area (Å²) in [5.74, 6) is -0.404. The molecule has 2 heterocycles. The zero-order valence-electron chi connectivity index (χ0n) is 16.8. The fraction of sp³-hybridized carbons (Fsp3) is 0.348. The largest absolute Gasteiger partial charge is 0.348 e. The van der Waals surface area contributed by atoms with E-state index in [0.717, 1.165) is 18.4 Å². The van der Waals surface area contributed by atoms with Crippen LogP contribution in [-0.2, 0) is 6.54 Å². The Kier molecular flexibility index (Phi) is 6.65. The van der Waals surface area contributed by atoms with E-state index in [1.54, 1.807) is 21.7 Å². The van der Waals surface area contributed by atoms with Crippen molar-refractivity contribution >= 4 is 11.8 Å². The zero-order valence-corrected chi connectivity index (χ0v) is 16.8. The number of benzene rings is 1. The number of amides is 2. The van der Waals surface area contributed by atoms with Gasteiger partial charge in [-0.15, -0.1) is 6.58 Å². The van der Waals surface area contributed by atoms with Crippen molar-refractivity contribution in [2.24, 2.45) is 5.92 Å². The third kappa shape index (κ3) is 5.02. The fourth-order valence-corrected chi connectivity index (χ4v) is 3.64. The fourth-order valence-electron chi connectivity index (χ4n) is 3.64. The number of nitrogens with one attached hydrogen (secondary N) is 1. The molecule has 6 heteroatoms. The number of carbonyl (C=O) groups excluding carboxylic acids is 2. The van der Waals surface area contributed by atoms with Crippen LogP contribution in [-0.4, -0.2) is 40.9 Å². The standard InChI is InChI=1S/C23H27N3O3/c1-3-11-24-22(28)19-15-25(14-18-9-5-4-6-10-18)16-20(21(19)27)23(29)26-12-7-8-17(2)13-26/h3-6,9-10,15-17H,1,7-8,11-14H2,2H3,(H,24,28)/t17-/m0/s1. The third-order valence-corrected chi connectivity index (χ3v) is 5.11. The van der Waals surface area contributed by atoms with Crippen LogP contribution in [0.4, 0.5) is 0 Å². The number of hydrogen-bond donors (Lipinski definition) is 1. The molecule has 1 saturated heterocycles. The van der Waals surface area contributed by atoms with Gasteiger partial charge in [0.1, 0.15) is 11.1 Å². The van der Waals surface area contributed by atoms with Crippen molar-refractivity contribution < 1.29 is 9.59 Å². The van der Waals surface area contributed by atoms with Gasteiger partial charge in [0.15, 0.2) is 0 Å². The van der Waals surface area contributed by atoms with E-state index < -0.39 is 11.3 Å². The zero-order chi connectivity index (χ0) is 20.8. The Morgan fingerprint density at radius 3 is 2.62 bits per heavy atom. The van der Waals surface area contributed by atoms with Crippen molar-refractivity contribution in [3.63, 3.8) is 0 Å². The first-order chi connectivity index (χ1) is 14.0. The predicted molar refractivity (Wildman–Crippen MR) is 113 cm³/mol. The lowest BCUT2D eigenvalue weighted by Gasteiger charge is -2.31. The molecule has 1 fully saturated rings. The number of pyridine rings is 1. The first-order valence-corrected chi connectivity index (χ1v) is 9.96. The van der Waals surface area contributed by atoms with Crippen LogP contribution in [0.25, 0.3) is 0 Å². The van der Waals surface area contributed by atoms with Gasteiger partial charge in [-0.05, 0) is 24.3 Å². The van der Waals surface area contributed by atoms with Crippen molar-refractivity contribution in [1.29, 1.82) is 0 Å². The van der Waals surface area contributed by atoms with Crippen molar-refractivity contribution in [2.75, 3.05) is 19.6 Å². The first-order valence-electron chi connectivity index (χ1n) is 9.96. The minimum Gasteiger partial charge on any atom is -0.348 e. The molecule has 3 rings (SSSR count). The molecule has 0 radical (unpaired) electrons. The Morgan fingerprint density at radius 2 is 1.93 bits per heavy atom. The first kappa shape index (κ1) is 20.6. The Morgan fingerprint density at radius 1 is 1.21 bits per heavy atom. The highest BCUT2D eigenvalue weighted by Gasteiger charge is 2.26. The highest BCUT2D eigenvalue weighted by Crippen LogP contribution is 2.17. The number of nitrogens with zero attached hydrogens (tertiary/aromatic N) is 2. The van der Waals surface area contributed by atoms with Crippen LogP contribution >= 0.6 is 0 Å². The van der Waals surface area contributed by atoms with Crippen LogP contribution in [0.15, 0.2) is 60.2 Å². The second-order valence-corrected chi connectivity index (χ2v) is 7.57. The van der Waals surface area contributed by atoms with Crippen molar-refractivity contribution in [1.82, 2.24) is 14.8 Å². The van der Waals surface area contributed by atoms with E-state index in [0.29, 0.717) is 25.6 Å². The average molecular weight is 393 g/mol. The second kappa shape index (κ2) is 9.37. The highest BCUT2D eigenvalue weighted by atomic mass is 16.2. The van der Waals surface area contributed by atoms with Gasteiger partial charge in [0.2, 0.25) is 5.43 Å². The normalized spacial score (nSPS) is 16.3. The van der Waals surface area contributed by atoms with Crippen molar-refractivity contribution in [3.8, 4) is 0 Å². The molecule has 1 atom stereocenters. The molecule has 1 aromatic heterocycles. The maximum Gasteiger partial charge on any atom is 0.259 e. The topological polar surface area (TPSA) is 71.4 Å². The Balaban J connectivity index is 1.99. The minimum atomic E-state index is -0.529. The van der Waals surface area contributed by atoms with Gasteiger partial charge >= 0.3 is 0 Å². The molecule has 0 spiro atoms. The van der Waals surface area contributed by atoms with Gasteiger partial charge in [-0.1, -0.05) is 43.3 Å².